The topological polar surface area (TPSA) is 92.7 Å². The lowest BCUT2D eigenvalue weighted by Crippen LogP contribution is -2.73. The number of unbranched alkanes of at least 4 members (excludes halogenated alkanes) is 2. The molecule has 3 atom stereocenters. The van der Waals surface area contributed by atoms with Crippen molar-refractivity contribution in [3.63, 3.8) is 0 Å². The zero-order valence-corrected chi connectivity index (χ0v) is 11.6. The summed E-state index contributed by atoms with van der Waals surface area (Å²) in [5.41, 5.74) is -0.0405. The monoisotopic (exact) mass is 286 g/mol. The third-order valence-corrected chi connectivity index (χ3v) is 4.89. The number of hydrogen-bond acceptors (Lipinski definition) is 4. The van der Waals surface area contributed by atoms with Gasteiger partial charge in [-0.25, -0.2) is 4.79 Å². The van der Waals surface area contributed by atoms with Crippen LogP contribution in [0.4, 0.5) is 0 Å². The lowest BCUT2D eigenvalue weighted by molar-refractivity contribution is -0.149. The van der Waals surface area contributed by atoms with Gasteiger partial charge in [0, 0.05) is 0 Å². The molecule has 2 N–H and O–H groups in total. The van der Waals surface area contributed by atoms with Crippen molar-refractivity contribution < 1.29 is 19.2 Å². The summed E-state index contributed by atoms with van der Waals surface area (Å²) in [5.74, 6) is -1.23. The smallest absolute Gasteiger partial charge is 0.352 e. The molecule has 0 aromatic carbocycles. The number of amides is 1. The van der Waals surface area contributed by atoms with Crippen LogP contribution in [-0.2, 0) is 20.8 Å². The molecule has 0 aromatic heterocycles. The van der Waals surface area contributed by atoms with Crippen molar-refractivity contribution in [1.82, 2.24) is 10.2 Å². The van der Waals surface area contributed by atoms with Crippen LogP contribution in [0.1, 0.15) is 26.2 Å². The lowest BCUT2D eigenvalue weighted by Gasteiger charge is -2.48. The number of hydrogen-bond donors (Lipinski definition) is 2. The van der Waals surface area contributed by atoms with Crippen LogP contribution in [0.5, 0.6) is 0 Å². The molecule has 106 valence electrons. The molecule has 0 bridgehead atoms. The van der Waals surface area contributed by atoms with Crippen LogP contribution in [-0.4, -0.2) is 50.1 Å². The fourth-order valence-corrected chi connectivity index (χ4v) is 3.85. The molecule has 1 saturated heterocycles. The second-order valence-electron chi connectivity index (χ2n) is 4.68. The molecule has 0 spiro atoms. The van der Waals surface area contributed by atoms with Crippen molar-refractivity contribution in [2.24, 2.45) is 0 Å². The first-order valence-electron chi connectivity index (χ1n) is 6.45. The van der Waals surface area contributed by atoms with Crippen LogP contribution in [0, 0.1) is 0 Å². The van der Waals surface area contributed by atoms with Crippen molar-refractivity contribution >= 4 is 23.1 Å². The number of carbonyl (C=O) groups is 2. The highest BCUT2D eigenvalue weighted by Gasteiger charge is 2.58. The minimum absolute atomic E-state index is 0.0405. The summed E-state index contributed by atoms with van der Waals surface area (Å²) >= 11 is -1.22. The van der Waals surface area contributed by atoms with Gasteiger partial charge in [0.15, 0.2) is 6.04 Å². The van der Waals surface area contributed by atoms with E-state index in [0.717, 1.165) is 24.2 Å². The molecular weight excluding hydrogens is 268 g/mol. The lowest BCUT2D eigenvalue weighted by atomic mass is 10.0. The Morgan fingerprint density at radius 2 is 2.37 bits per heavy atom. The summed E-state index contributed by atoms with van der Waals surface area (Å²) in [6, 6.07) is -0.499. The highest BCUT2D eigenvalue weighted by molar-refractivity contribution is 7.92. The number of carboxylic acids is 1. The summed E-state index contributed by atoms with van der Waals surface area (Å²) in [4.78, 5) is 24.1. The summed E-state index contributed by atoms with van der Waals surface area (Å²) in [5, 5.41) is 11.6. The van der Waals surface area contributed by atoms with Gasteiger partial charge in [-0.2, -0.15) is 0 Å². The van der Waals surface area contributed by atoms with Crippen molar-refractivity contribution in [3.8, 4) is 0 Å². The van der Waals surface area contributed by atoms with Gasteiger partial charge in [0.2, 0.25) is 5.37 Å². The number of carbonyl (C=O) groups excluding carboxylic acids is 1. The van der Waals surface area contributed by atoms with Crippen LogP contribution in [0.3, 0.4) is 0 Å². The van der Waals surface area contributed by atoms with Crippen molar-refractivity contribution in [2.75, 3.05) is 12.3 Å². The molecule has 1 unspecified atom stereocenters. The number of fused-ring (bicyclic) bond motifs is 1. The second-order valence-corrected chi connectivity index (χ2v) is 6.26. The molecule has 0 radical (unpaired) electrons. The molecule has 7 heteroatoms. The molecule has 2 heterocycles. The summed E-state index contributed by atoms with van der Waals surface area (Å²) in [6.45, 7) is 2.79. The van der Waals surface area contributed by atoms with Gasteiger partial charge in [0.05, 0.1) is 0 Å². The normalized spacial score (nSPS) is 29.6. The van der Waals surface area contributed by atoms with Crippen LogP contribution < -0.4 is 5.32 Å². The predicted octanol–water partition coefficient (Wildman–Crippen LogP) is 0.0339. The van der Waals surface area contributed by atoms with E-state index in [9.17, 15) is 14.1 Å². The maximum atomic E-state index is 11.9. The standard InChI is InChI=1S/C12H18N2O4S/c1-2-3-4-6-13-9-10(15)14-8(12(16)17)5-7-19(18)11(9)14/h5,9,11,13H,2-4,6-7H2,1H3,(H,16,17)/t9-,11+,19?/m1/s1. The molecule has 2 aliphatic rings. The largest absolute Gasteiger partial charge is 0.614 e. The van der Waals surface area contributed by atoms with E-state index in [2.05, 4.69) is 12.2 Å². The van der Waals surface area contributed by atoms with E-state index in [0.29, 0.717) is 6.54 Å². The minimum atomic E-state index is -1.22. The maximum Gasteiger partial charge on any atom is 0.352 e. The van der Waals surface area contributed by atoms with E-state index >= 15 is 0 Å². The van der Waals surface area contributed by atoms with E-state index in [4.69, 9.17) is 5.11 Å². The molecule has 0 saturated carbocycles. The number of rotatable bonds is 6. The van der Waals surface area contributed by atoms with E-state index in [1.54, 1.807) is 0 Å². The fourth-order valence-electron chi connectivity index (χ4n) is 2.36. The van der Waals surface area contributed by atoms with Crippen LogP contribution in [0.25, 0.3) is 0 Å². The Kier molecular flexibility index (Phi) is 4.49. The van der Waals surface area contributed by atoms with Crippen molar-refractivity contribution in [2.45, 2.75) is 37.6 Å². The Bertz CT molecular complexity index is 413. The van der Waals surface area contributed by atoms with E-state index in [1.807, 2.05) is 0 Å². The molecule has 1 amide bonds. The third kappa shape index (κ3) is 2.63. The highest BCUT2D eigenvalue weighted by atomic mass is 32.2. The molecular formula is C12H18N2O4S. The first-order valence-corrected chi connectivity index (χ1v) is 7.83. The van der Waals surface area contributed by atoms with Gasteiger partial charge >= 0.3 is 5.97 Å². The predicted molar refractivity (Wildman–Crippen MR) is 70.7 cm³/mol. The zero-order valence-electron chi connectivity index (χ0n) is 10.8. The van der Waals surface area contributed by atoms with Crippen LogP contribution >= 0.6 is 0 Å². The Hall–Kier alpha value is -1.05. The van der Waals surface area contributed by atoms with Gasteiger partial charge in [-0.1, -0.05) is 19.8 Å². The van der Waals surface area contributed by atoms with Crippen molar-refractivity contribution in [1.29, 1.82) is 0 Å². The fraction of sp³-hybridized carbons (Fsp3) is 0.667. The highest BCUT2D eigenvalue weighted by Crippen LogP contribution is 2.33. The SMILES string of the molecule is CCCCCN[C@@H]1C(=O)N2C(C(=O)O)=CC[S+]([O-])[C@@H]12. The van der Waals surface area contributed by atoms with Gasteiger partial charge < -0.3 is 9.66 Å². The van der Waals surface area contributed by atoms with Gasteiger partial charge in [-0.15, -0.1) is 0 Å². The summed E-state index contributed by atoms with van der Waals surface area (Å²) in [7, 11) is 0. The summed E-state index contributed by atoms with van der Waals surface area (Å²) < 4.78 is 11.9. The molecule has 1 fully saturated rings. The average Bonchev–Trinajstić information content (AvgIpc) is 2.38. The number of carboxylic acid groups (broad SMARTS) is 1. The van der Waals surface area contributed by atoms with Gasteiger partial charge in [-0.3, -0.25) is 15.0 Å². The first-order chi connectivity index (χ1) is 9.07. The first kappa shape index (κ1) is 14.4. The number of β-lactam (4-membered cyclic amide) rings is 1. The Morgan fingerprint density at radius 1 is 1.63 bits per heavy atom. The van der Waals surface area contributed by atoms with Crippen LogP contribution in [0.15, 0.2) is 11.8 Å². The van der Waals surface area contributed by atoms with Gasteiger partial charge in [-0.05, 0) is 30.2 Å². The third-order valence-electron chi connectivity index (χ3n) is 3.38. The maximum absolute atomic E-state index is 11.9. The van der Waals surface area contributed by atoms with E-state index < -0.39 is 28.6 Å². The number of aliphatic carboxylic acids is 1. The molecule has 0 aliphatic carbocycles. The summed E-state index contributed by atoms with van der Waals surface area (Å²) in [6.07, 6.45) is 4.49. The van der Waals surface area contributed by atoms with Gasteiger partial charge in [0.25, 0.3) is 5.91 Å². The van der Waals surface area contributed by atoms with Gasteiger partial charge in [0.1, 0.15) is 11.4 Å². The van der Waals surface area contributed by atoms with E-state index in [1.165, 1.54) is 6.08 Å². The molecule has 2 aliphatic heterocycles. The van der Waals surface area contributed by atoms with E-state index in [-0.39, 0.29) is 17.4 Å². The number of nitrogens with zero attached hydrogens (tertiary/aromatic N) is 1. The van der Waals surface area contributed by atoms with Crippen molar-refractivity contribution in [3.05, 3.63) is 11.8 Å². The Balaban J connectivity index is 1.98. The zero-order chi connectivity index (χ0) is 14.0. The molecule has 19 heavy (non-hydrogen) atoms. The average molecular weight is 286 g/mol. The molecule has 0 aromatic rings. The molecule has 2 rings (SSSR count). The Labute approximate surface area is 115 Å². The number of nitrogens with one attached hydrogen (secondary N) is 1. The second kappa shape index (κ2) is 5.94. The van der Waals surface area contributed by atoms with Crippen LogP contribution in [0.2, 0.25) is 0 Å². The Morgan fingerprint density at radius 3 is 3.00 bits per heavy atom. The minimum Gasteiger partial charge on any atom is -0.614 e. The molecule has 6 nitrogen and oxygen atoms in total. The quantitative estimate of drug-likeness (QED) is 0.408.